The smallest absolute Gasteiger partial charge is 0.262 e. The first-order chi connectivity index (χ1) is 11.0. The Labute approximate surface area is 137 Å². The Morgan fingerprint density at radius 3 is 2.70 bits per heavy atom. The number of nitrogens with zero attached hydrogens (tertiary/aromatic N) is 2. The van der Waals surface area contributed by atoms with E-state index in [1.54, 1.807) is 30.3 Å². The van der Waals surface area contributed by atoms with Crippen molar-refractivity contribution in [2.45, 2.75) is 26.5 Å². The summed E-state index contributed by atoms with van der Waals surface area (Å²) in [6.45, 7) is 3.86. The molecule has 0 radical (unpaired) electrons. The molecule has 0 bridgehead atoms. The number of benzene rings is 1. The van der Waals surface area contributed by atoms with Crippen LogP contribution in [-0.4, -0.2) is 21.4 Å². The van der Waals surface area contributed by atoms with E-state index < -0.39 is 0 Å². The molecule has 0 saturated heterocycles. The molecule has 3 aromatic rings. The van der Waals surface area contributed by atoms with Gasteiger partial charge in [0.15, 0.2) is 5.78 Å². The summed E-state index contributed by atoms with van der Waals surface area (Å²) in [7, 11) is 0. The third-order valence-corrected chi connectivity index (χ3v) is 4.13. The normalized spacial score (nSPS) is 11.1. The summed E-state index contributed by atoms with van der Waals surface area (Å²) in [5, 5.41) is 2.37. The van der Waals surface area contributed by atoms with Gasteiger partial charge in [-0.2, -0.15) is 0 Å². The van der Waals surface area contributed by atoms with E-state index in [0.717, 1.165) is 5.75 Å². The van der Waals surface area contributed by atoms with Gasteiger partial charge in [-0.25, -0.2) is 4.98 Å². The van der Waals surface area contributed by atoms with Crippen molar-refractivity contribution in [1.82, 2.24) is 9.55 Å². The van der Waals surface area contributed by atoms with Gasteiger partial charge in [-0.05, 0) is 49.6 Å². The van der Waals surface area contributed by atoms with Crippen molar-refractivity contribution in [3.05, 3.63) is 58.0 Å². The summed E-state index contributed by atoms with van der Waals surface area (Å²) in [4.78, 5) is 29.5. The molecule has 2 heterocycles. The molecule has 0 aliphatic rings. The predicted molar refractivity (Wildman–Crippen MR) is 90.4 cm³/mol. The monoisotopic (exact) mass is 328 g/mol. The first kappa shape index (κ1) is 15.4. The molecule has 3 rings (SSSR count). The lowest BCUT2D eigenvalue weighted by atomic mass is 10.1. The molecule has 0 aliphatic heterocycles. The van der Waals surface area contributed by atoms with Crippen LogP contribution in [0.1, 0.15) is 24.2 Å². The van der Waals surface area contributed by atoms with Gasteiger partial charge in [-0.1, -0.05) is 0 Å². The molecule has 0 unspecified atom stereocenters. The third kappa shape index (κ3) is 3.32. The molecule has 0 atom stereocenters. The molecule has 0 amide bonds. The fourth-order valence-electron chi connectivity index (χ4n) is 2.24. The van der Waals surface area contributed by atoms with E-state index in [4.69, 9.17) is 4.74 Å². The Bertz CT molecular complexity index is 894. The maximum atomic E-state index is 12.3. The fraction of sp³-hybridized carbons (Fsp3) is 0.235. The van der Waals surface area contributed by atoms with Crippen LogP contribution in [0.25, 0.3) is 10.2 Å². The molecule has 6 heteroatoms. The largest absolute Gasteiger partial charge is 0.491 e. The highest BCUT2D eigenvalue weighted by Crippen LogP contribution is 2.15. The molecule has 0 fully saturated rings. The van der Waals surface area contributed by atoms with Gasteiger partial charge in [-0.3, -0.25) is 14.2 Å². The summed E-state index contributed by atoms with van der Waals surface area (Å²) in [5.74, 6) is 0.578. The van der Waals surface area contributed by atoms with Crippen molar-refractivity contribution in [2.75, 3.05) is 0 Å². The van der Waals surface area contributed by atoms with Gasteiger partial charge in [0.1, 0.15) is 10.6 Å². The average molecular weight is 328 g/mol. The van der Waals surface area contributed by atoms with Gasteiger partial charge in [0.2, 0.25) is 0 Å². The summed E-state index contributed by atoms with van der Waals surface area (Å²) in [6.07, 6.45) is 1.51. The topological polar surface area (TPSA) is 61.2 Å². The molecule has 0 N–H and O–H groups in total. The van der Waals surface area contributed by atoms with E-state index in [2.05, 4.69) is 4.98 Å². The van der Waals surface area contributed by atoms with Gasteiger partial charge >= 0.3 is 0 Å². The van der Waals surface area contributed by atoms with Gasteiger partial charge in [0, 0.05) is 5.56 Å². The first-order valence-corrected chi connectivity index (χ1v) is 8.15. The second-order valence-corrected chi connectivity index (χ2v) is 6.33. The lowest BCUT2D eigenvalue weighted by Crippen LogP contribution is -2.24. The Morgan fingerprint density at radius 2 is 2.00 bits per heavy atom. The molecule has 2 aromatic heterocycles. The Morgan fingerprint density at radius 1 is 1.26 bits per heavy atom. The van der Waals surface area contributed by atoms with Crippen LogP contribution in [0.2, 0.25) is 0 Å². The van der Waals surface area contributed by atoms with Crippen molar-refractivity contribution < 1.29 is 9.53 Å². The van der Waals surface area contributed by atoms with Crippen LogP contribution in [0, 0.1) is 0 Å². The fourth-order valence-corrected chi connectivity index (χ4v) is 2.97. The Balaban J connectivity index is 1.80. The zero-order valence-electron chi connectivity index (χ0n) is 12.9. The quantitative estimate of drug-likeness (QED) is 0.675. The summed E-state index contributed by atoms with van der Waals surface area (Å²) in [6, 6.07) is 8.67. The third-order valence-electron chi connectivity index (χ3n) is 3.31. The van der Waals surface area contributed by atoms with Gasteiger partial charge in [0.05, 0.1) is 24.4 Å². The number of aromatic nitrogens is 2. The minimum atomic E-state index is -0.190. The van der Waals surface area contributed by atoms with Crippen molar-refractivity contribution in [1.29, 1.82) is 0 Å². The van der Waals surface area contributed by atoms with Crippen LogP contribution >= 0.6 is 11.3 Å². The number of carbonyl (C=O) groups excluding carboxylic acids is 1. The zero-order valence-corrected chi connectivity index (χ0v) is 13.7. The highest BCUT2D eigenvalue weighted by molar-refractivity contribution is 7.16. The van der Waals surface area contributed by atoms with E-state index in [-0.39, 0.29) is 24.0 Å². The molecule has 0 spiro atoms. The number of hydrogen-bond acceptors (Lipinski definition) is 5. The Hall–Kier alpha value is -2.47. The predicted octanol–water partition coefficient (Wildman–Crippen LogP) is 3.13. The summed E-state index contributed by atoms with van der Waals surface area (Å²) >= 11 is 1.41. The van der Waals surface area contributed by atoms with Crippen molar-refractivity contribution in [2.24, 2.45) is 0 Å². The molecule has 5 nitrogen and oxygen atoms in total. The highest BCUT2D eigenvalue weighted by atomic mass is 32.1. The number of thiophene rings is 1. The van der Waals surface area contributed by atoms with Crippen molar-refractivity contribution in [3.8, 4) is 5.75 Å². The molecule has 1 aromatic carbocycles. The zero-order chi connectivity index (χ0) is 16.4. The van der Waals surface area contributed by atoms with Gasteiger partial charge < -0.3 is 4.74 Å². The minimum Gasteiger partial charge on any atom is -0.491 e. The second-order valence-electron chi connectivity index (χ2n) is 5.43. The van der Waals surface area contributed by atoms with Crippen LogP contribution in [0.3, 0.4) is 0 Å². The molecule has 0 saturated carbocycles. The van der Waals surface area contributed by atoms with Crippen LogP contribution in [0.5, 0.6) is 5.75 Å². The minimum absolute atomic E-state index is 0.0258. The maximum Gasteiger partial charge on any atom is 0.262 e. The van der Waals surface area contributed by atoms with Gasteiger partial charge in [0.25, 0.3) is 5.56 Å². The molecule has 0 aliphatic carbocycles. The number of ether oxygens (including phenoxy) is 1. The number of carbonyl (C=O) groups is 1. The van der Waals surface area contributed by atoms with E-state index in [9.17, 15) is 9.59 Å². The van der Waals surface area contributed by atoms with E-state index in [0.29, 0.717) is 15.8 Å². The highest BCUT2D eigenvalue weighted by Gasteiger charge is 2.11. The average Bonchev–Trinajstić information content (AvgIpc) is 2.99. The lowest BCUT2D eigenvalue weighted by Gasteiger charge is -2.10. The van der Waals surface area contributed by atoms with E-state index in [1.165, 1.54) is 22.2 Å². The molecule has 118 valence electrons. The van der Waals surface area contributed by atoms with Crippen LogP contribution < -0.4 is 10.3 Å². The summed E-state index contributed by atoms with van der Waals surface area (Å²) < 4.78 is 6.89. The lowest BCUT2D eigenvalue weighted by molar-refractivity contribution is 0.0970. The molecular weight excluding hydrogens is 312 g/mol. The maximum absolute atomic E-state index is 12.3. The molecular formula is C17H16N2O3S. The molecule has 23 heavy (non-hydrogen) atoms. The number of rotatable bonds is 5. The van der Waals surface area contributed by atoms with Crippen LogP contribution in [-0.2, 0) is 6.54 Å². The number of hydrogen-bond donors (Lipinski definition) is 0. The number of ketones is 1. The standard InChI is InChI=1S/C17H16N2O3S/c1-11(2)22-13-5-3-12(4-6-13)15(20)9-19-10-18-16-14(17(19)21)7-8-23-16/h3-8,10-11H,9H2,1-2H3. The van der Waals surface area contributed by atoms with Crippen molar-refractivity contribution in [3.63, 3.8) is 0 Å². The van der Waals surface area contributed by atoms with Crippen LogP contribution in [0.15, 0.2) is 46.8 Å². The van der Waals surface area contributed by atoms with Crippen LogP contribution in [0.4, 0.5) is 0 Å². The number of Topliss-reactive ketones (excluding diaryl/α,β-unsaturated/α-hetero) is 1. The number of fused-ring (bicyclic) bond motifs is 1. The van der Waals surface area contributed by atoms with Gasteiger partial charge in [-0.15, -0.1) is 11.3 Å². The first-order valence-electron chi connectivity index (χ1n) is 7.27. The SMILES string of the molecule is CC(C)Oc1ccc(C(=O)Cn2cnc3sccc3c2=O)cc1. The second kappa shape index (κ2) is 6.34. The van der Waals surface area contributed by atoms with Crippen molar-refractivity contribution >= 4 is 27.3 Å². The van der Waals surface area contributed by atoms with E-state index >= 15 is 0 Å². The Kier molecular flexibility index (Phi) is 4.25. The summed E-state index contributed by atoms with van der Waals surface area (Å²) in [5.41, 5.74) is 0.350. The van der Waals surface area contributed by atoms with E-state index in [1.807, 2.05) is 19.2 Å².